The Balaban J connectivity index is 2.03. The lowest BCUT2D eigenvalue weighted by Crippen LogP contribution is -2.36. The first kappa shape index (κ1) is 13.2. The molecule has 0 aliphatic heterocycles. The van der Waals surface area contributed by atoms with Crippen molar-refractivity contribution in [2.75, 3.05) is 0 Å². The molecule has 4 nitrogen and oxygen atoms in total. The molecule has 1 aliphatic carbocycles. The van der Waals surface area contributed by atoms with E-state index in [1.165, 1.54) is 18.6 Å². The number of hydrogen-bond acceptors (Lipinski definition) is 2. The van der Waals surface area contributed by atoms with Gasteiger partial charge in [-0.3, -0.25) is 4.79 Å². The minimum atomic E-state index is -2.04. The van der Waals surface area contributed by atoms with Crippen LogP contribution in [0.5, 0.6) is 0 Å². The van der Waals surface area contributed by atoms with E-state index in [2.05, 4.69) is 5.32 Å². The Hall–Kier alpha value is -1.20. The summed E-state index contributed by atoms with van der Waals surface area (Å²) in [6.07, 6.45) is 5.61. The second kappa shape index (κ2) is 6.11. The minimum Gasteiger partial charge on any atom is -0.349 e. The molecule has 0 bridgehead atoms. The van der Waals surface area contributed by atoms with Gasteiger partial charge in [0, 0.05) is 11.6 Å². The average Bonchev–Trinajstić information content (AvgIpc) is 2.40. The van der Waals surface area contributed by atoms with Gasteiger partial charge in [0.25, 0.3) is 5.91 Å². The van der Waals surface area contributed by atoms with Crippen LogP contribution in [0, 0.1) is 0 Å². The second-order valence-electron chi connectivity index (χ2n) is 4.59. The van der Waals surface area contributed by atoms with E-state index in [0.717, 1.165) is 25.7 Å². The zero-order valence-electron chi connectivity index (χ0n) is 10.1. The van der Waals surface area contributed by atoms with Gasteiger partial charge in [-0.05, 0) is 31.0 Å². The molecular weight excluding hydrogens is 250 g/mol. The molecule has 1 fully saturated rings. The second-order valence-corrected chi connectivity index (χ2v) is 5.56. The van der Waals surface area contributed by atoms with Crippen LogP contribution in [-0.2, 0) is 11.1 Å². The summed E-state index contributed by atoms with van der Waals surface area (Å²) in [7, 11) is 0. The molecule has 1 saturated carbocycles. The number of carbonyl (C=O) groups is 1. The van der Waals surface area contributed by atoms with E-state index in [0.29, 0.717) is 5.56 Å². The summed E-state index contributed by atoms with van der Waals surface area (Å²) in [5, 5.41) is 2.98. The minimum absolute atomic E-state index is 0.158. The van der Waals surface area contributed by atoms with E-state index < -0.39 is 11.1 Å². The van der Waals surface area contributed by atoms with Gasteiger partial charge in [0.1, 0.15) is 0 Å². The lowest BCUT2D eigenvalue weighted by atomic mass is 9.95. The number of amides is 1. The van der Waals surface area contributed by atoms with Crippen LogP contribution in [-0.4, -0.2) is 20.7 Å². The number of nitrogens with one attached hydrogen (secondary N) is 1. The predicted octanol–water partition coefficient (Wildman–Crippen LogP) is 2.33. The van der Waals surface area contributed by atoms with Gasteiger partial charge in [-0.25, -0.2) is 4.21 Å². The first-order valence-electron chi connectivity index (χ1n) is 6.18. The Morgan fingerprint density at radius 1 is 1.28 bits per heavy atom. The van der Waals surface area contributed by atoms with Crippen LogP contribution in [0.15, 0.2) is 29.2 Å². The van der Waals surface area contributed by atoms with E-state index in [1.807, 2.05) is 0 Å². The van der Waals surface area contributed by atoms with Crippen LogP contribution in [0.3, 0.4) is 0 Å². The molecule has 1 aliphatic rings. The summed E-state index contributed by atoms with van der Waals surface area (Å²) in [4.78, 5) is 12.3. The van der Waals surface area contributed by atoms with E-state index in [-0.39, 0.29) is 16.8 Å². The van der Waals surface area contributed by atoms with Gasteiger partial charge in [0.15, 0.2) is 11.1 Å². The molecule has 1 aromatic carbocycles. The van der Waals surface area contributed by atoms with Crippen LogP contribution in [0.4, 0.5) is 0 Å². The van der Waals surface area contributed by atoms with Crippen LogP contribution < -0.4 is 5.32 Å². The highest BCUT2D eigenvalue weighted by molar-refractivity contribution is 7.79. The smallest absolute Gasteiger partial charge is 0.251 e. The highest BCUT2D eigenvalue weighted by atomic mass is 32.2. The summed E-state index contributed by atoms with van der Waals surface area (Å²) in [6.45, 7) is 0. The molecule has 0 radical (unpaired) electrons. The lowest BCUT2D eigenvalue weighted by Gasteiger charge is -2.22. The molecule has 0 heterocycles. The molecule has 1 atom stereocenters. The molecule has 0 saturated heterocycles. The molecule has 0 spiro atoms. The SMILES string of the molecule is O=C(NC1CCCCC1)c1cccc(S(=O)O)c1. The van der Waals surface area contributed by atoms with Crippen molar-refractivity contribution in [3.63, 3.8) is 0 Å². The summed E-state index contributed by atoms with van der Waals surface area (Å²) >= 11 is -2.04. The van der Waals surface area contributed by atoms with Crippen molar-refractivity contribution < 1.29 is 13.6 Å². The molecule has 2 rings (SSSR count). The fourth-order valence-electron chi connectivity index (χ4n) is 2.26. The third kappa shape index (κ3) is 3.40. The van der Waals surface area contributed by atoms with Gasteiger partial charge in [0.2, 0.25) is 0 Å². The summed E-state index contributed by atoms with van der Waals surface area (Å²) in [5.41, 5.74) is 0.445. The third-order valence-corrected chi connectivity index (χ3v) is 3.90. The highest BCUT2D eigenvalue weighted by Gasteiger charge is 2.17. The zero-order valence-corrected chi connectivity index (χ0v) is 10.9. The number of benzene rings is 1. The van der Waals surface area contributed by atoms with Gasteiger partial charge < -0.3 is 9.87 Å². The van der Waals surface area contributed by atoms with Gasteiger partial charge >= 0.3 is 0 Å². The first-order valence-corrected chi connectivity index (χ1v) is 7.29. The lowest BCUT2D eigenvalue weighted by molar-refractivity contribution is 0.0927. The largest absolute Gasteiger partial charge is 0.349 e. The summed E-state index contributed by atoms with van der Waals surface area (Å²) in [5.74, 6) is -0.158. The maximum atomic E-state index is 12.0. The van der Waals surface area contributed by atoms with Gasteiger partial charge in [0.05, 0.1) is 4.90 Å². The molecule has 0 aromatic heterocycles. The molecule has 5 heteroatoms. The Kier molecular flexibility index (Phi) is 4.49. The Morgan fingerprint density at radius 3 is 2.67 bits per heavy atom. The van der Waals surface area contributed by atoms with Crippen molar-refractivity contribution in [2.24, 2.45) is 0 Å². The quantitative estimate of drug-likeness (QED) is 0.826. The number of rotatable bonds is 3. The molecule has 1 unspecified atom stereocenters. The molecule has 2 N–H and O–H groups in total. The third-order valence-electron chi connectivity index (χ3n) is 3.24. The molecule has 1 aromatic rings. The van der Waals surface area contributed by atoms with Crippen molar-refractivity contribution in [2.45, 2.75) is 43.0 Å². The van der Waals surface area contributed by atoms with E-state index in [1.54, 1.807) is 12.1 Å². The maximum Gasteiger partial charge on any atom is 0.251 e. The maximum absolute atomic E-state index is 12.0. The van der Waals surface area contributed by atoms with Crippen molar-refractivity contribution in [3.05, 3.63) is 29.8 Å². The zero-order chi connectivity index (χ0) is 13.0. The molecule has 1 amide bonds. The average molecular weight is 267 g/mol. The fourth-order valence-corrected chi connectivity index (χ4v) is 2.68. The van der Waals surface area contributed by atoms with Crippen molar-refractivity contribution >= 4 is 17.0 Å². The van der Waals surface area contributed by atoms with Crippen molar-refractivity contribution in [3.8, 4) is 0 Å². The predicted molar refractivity (Wildman–Crippen MR) is 69.8 cm³/mol. The van der Waals surface area contributed by atoms with Gasteiger partial charge in [-0.1, -0.05) is 25.3 Å². The Morgan fingerprint density at radius 2 is 2.00 bits per heavy atom. The Bertz CT molecular complexity index is 455. The fraction of sp³-hybridized carbons (Fsp3) is 0.462. The van der Waals surface area contributed by atoms with Gasteiger partial charge in [-0.15, -0.1) is 0 Å². The van der Waals surface area contributed by atoms with E-state index in [4.69, 9.17) is 4.55 Å². The standard InChI is InChI=1S/C13H17NO3S/c15-13(14-11-6-2-1-3-7-11)10-5-4-8-12(9-10)18(16)17/h4-5,8-9,11H,1-3,6-7H2,(H,14,15)(H,16,17). The summed E-state index contributed by atoms with van der Waals surface area (Å²) < 4.78 is 19.9. The van der Waals surface area contributed by atoms with Crippen molar-refractivity contribution in [1.82, 2.24) is 5.32 Å². The van der Waals surface area contributed by atoms with Crippen LogP contribution in [0.2, 0.25) is 0 Å². The normalized spacial score (nSPS) is 18.3. The summed E-state index contributed by atoms with van der Waals surface area (Å²) in [6, 6.07) is 6.53. The number of hydrogen-bond donors (Lipinski definition) is 2. The van der Waals surface area contributed by atoms with Gasteiger partial charge in [-0.2, -0.15) is 0 Å². The number of carbonyl (C=O) groups excluding carboxylic acids is 1. The van der Waals surface area contributed by atoms with Crippen LogP contribution >= 0.6 is 0 Å². The highest BCUT2D eigenvalue weighted by Crippen LogP contribution is 2.18. The molecule has 98 valence electrons. The van der Waals surface area contributed by atoms with E-state index >= 15 is 0 Å². The molecule has 18 heavy (non-hydrogen) atoms. The first-order chi connectivity index (χ1) is 8.66. The van der Waals surface area contributed by atoms with Crippen LogP contribution in [0.1, 0.15) is 42.5 Å². The molecular formula is C13H17NO3S. The monoisotopic (exact) mass is 267 g/mol. The van der Waals surface area contributed by atoms with Crippen molar-refractivity contribution in [1.29, 1.82) is 0 Å². The topological polar surface area (TPSA) is 66.4 Å². The van der Waals surface area contributed by atoms with E-state index in [9.17, 15) is 9.00 Å². The van der Waals surface area contributed by atoms with Crippen LogP contribution in [0.25, 0.3) is 0 Å². The Labute approximate surface area is 109 Å².